The van der Waals surface area contributed by atoms with Crippen molar-refractivity contribution in [2.75, 3.05) is 13.1 Å². The molecule has 1 atom stereocenters. The van der Waals surface area contributed by atoms with Gasteiger partial charge in [-0.3, -0.25) is 9.59 Å². The minimum absolute atomic E-state index is 0.0161. The van der Waals surface area contributed by atoms with E-state index in [1.54, 1.807) is 6.07 Å². The number of nitrogens with zero attached hydrogens (tertiary/aromatic N) is 1. The monoisotopic (exact) mass is 465 g/mol. The Bertz CT molecular complexity index is 1060. The van der Waals surface area contributed by atoms with Crippen LogP contribution in [-0.4, -0.2) is 43.7 Å². The number of hydrogen-bond acceptors (Lipinski definition) is 4. The van der Waals surface area contributed by atoms with E-state index in [9.17, 15) is 26.8 Å². The van der Waals surface area contributed by atoms with Gasteiger partial charge in [0.15, 0.2) is 0 Å². The molecule has 172 valence electrons. The molecule has 0 saturated carbocycles. The molecule has 2 aromatic rings. The Kier molecular flexibility index (Phi) is 7.92. The van der Waals surface area contributed by atoms with Crippen LogP contribution < -0.4 is 10.6 Å². The van der Waals surface area contributed by atoms with Crippen molar-refractivity contribution in [3.63, 3.8) is 0 Å². The van der Waals surface area contributed by atoms with Crippen LogP contribution >= 0.6 is 0 Å². The zero-order chi connectivity index (χ0) is 23.1. The minimum atomic E-state index is -3.80. The van der Waals surface area contributed by atoms with Crippen LogP contribution in [0.2, 0.25) is 0 Å². The highest BCUT2D eigenvalue weighted by atomic mass is 32.2. The summed E-state index contributed by atoms with van der Waals surface area (Å²) in [7, 11) is -3.80. The largest absolute Gasteiger partial charge is 0.348 e. The number of rotatable bonds is 7. The predicted molar refractivity (Wildman–Crippen MR) is 114 cm³/mol. The summed E-state index contributed by atoms with van der Waals surface area (Å²) in [5.74, 6) is -2.76. The topological polar surface area (TPSA) is 95.6 Å². The second kappa shape index (κ2) is 10.6. The lowest BCUT2D eigenvalue weighted by molar-refractivity contribution is -0.139. The molecule has 1 heterocycles. The van der Waals surface area contributed by atoms with Crippen molar-refractivity contribution in [1.82, 2.24) is 14.9 Å². The van der Waals surface area contributed by atoms with Crippen molar-refractivity contribution in [2.24, 2.45) is 0 Å². The zero-order valence-electron chi connectivity index (χ0n) is 17.4. The number of sulfonamides is 1. The van der Waals surface area contributed by atoms with E-state index in [0.717, 1.165) is 18.6 Å². The van der Waals surface area contributed by atoms with Crippen LogP contribution in [0.5, 0.6) is 0 Å². The number of amides is 2. The first-order chi connectivity index (χ1) is 15.3. The van der Waals surface area contributed by atoms with Gasteiger partial charge in [-0.05, 0) is 49.6 Å². The second-order valence-corrected chi connectivity index (χ2v) is 9.43. The molecule has 2 amide bonds. The Labute approximate surface area is 185 Å². The molecule has 32 heavy (non-hydrogen) atoms. The summed E-state index contributed by atoms with van der Waals surface area (Å²) >= 11 is 0. The van der Waals surface area contributed by atoms with Crippen molar-refractivity contribution < 1.29 is 26.8 Å². The number of carbonyl (C=O) groups excluding carboxylic acids is 2. The van der Waals surface area contributed by atoms with Gasteiger partial charge in [0.1, 0.15) is 11.6 Å². The zero-order valence-corrected chi connectivity index (χ0v) is 18.2. The van der Waals surface area contributed by atoms with Gasteiger partial charge in [0.2, 0.25) is 10.0 Å². The average molecular weight is 466 g/mol. The quantitative estimate of drug-likeness (QED) is 0.614. The van der Waals surface area contributed by atoms with E-state index in [4.69, 9.17) is 0 Å². The minimum Gasteiger partial charge on any atom is -0.348 e. The van der Waals surface area contributed by atoms with Crippen LogP contribution in [0.1, 0.15) is 31.2 Å². The Hall–Kier alpha value is -2.85. The molecule has 10 heteroatoms. The van der Waals surface area contributed by atoms with E-state index >= 15 is 0 Å². The summed E-state index contributed by atoms with van der Waals surface area (Å²) in [6, 6.07) is 10.2. The molecule has 2 aromatic carbocycles. The van der Waals surface area contributed by atoms with Gasteiger partial charge >= 0.3 is 11.8 Å². The fraction of sp³-hybridized carbons (Fsp3) is 0.364. The fourth-order valence-corrected chi connectivity index (χ4v) is 5.37. The summed E-state index contributed by atoms with van der Waals surface area (Å²) in [5, 5.41) is 4.84. The first kappa shape index (κ1) is 23.8. The molecule has 1 aliphatic rings. The highest BCUT2D eigenvalue weighted by molar-refractivity contribution is 7.89. The third-order valence-corrected chi connectivity index (χ3v) is 7.33. The molecule has 0 unspecified atom stereocenters. The molecule has 2 N–H and O–H groups in total. The number of hydrogen-bond donors (Lipinski definition) is 2. The summed E-state index contributed by atoms with van der Waals surface area (Å²) in [6.45, 7) is 0.318. The van der Waals surface area contributed by atoms with E-state index in [1.165, 1.54) is 34.6 Å². The maximum atomic E-state index is 13.6. The van der Waals surface area contributed by atoms with Crippen molar-refractivity contribution in [1.29, 1.82) is 0 Å². The molecular formula is C22H25F2N3O4S. The van der Waals surface area contributed by atoms with Gasteiger partial charge < -0.3 is 10.6 Å². The molecule has 0 aromatic heterocycles. The van der Waals surface area contributed by atoms with Gasteiger partial charge in [0.25, 0.3) is 0 Å². The molecule has 3 rings (SSSR count). The summed E-state index contributed by atoms with van der Waals surface area (Å²) in [6.07, 6.45) is 2.50. The van der Waals surface area contributed by atoms with Gasteiger partial charge in [-0.2, -0.15) is 4.31 Å². The smallest absolute Gasteiger partial charge is 0.309 e. The number of piperidine rings is 1. The highest BCUT2D eigenvalue weighted by Crippen LogP contribution is 2.27. The predicted octanol–water partition coefficient (Wildman–Crippen LogP) is 2.33. The summed E-state index contributed by atoms with van der Waals surface area (Å²) in [4.78, 5) is 24.0. The molecule has 1 fully saturated rings. The number of benzene rings is 2. The number of carbonyl (C=O) groups is 2. The Morgan fingerprint density at radius 1 is 0.969 bits per heavy atom. The number of halogens is 2. The average Bonchev–Trinajstić information content (AvgIpc) is 2.79. The van der Waals surface area contributed by atoms with Crippen molar-refractivity contribution in [2.45, 2.75) is 43.2 Å². The third kappa shape index (κ3) is 5.89. The van der Waals surface area contributed by atoms with Gasteiger partial charge in [0.05, 0.1) is 4.90 Å². The van der Waals surface area contributed by atoms with Crippen LogP contribution in [0, 0.1) is 11.6 Å². The molecule has 7 nitrogen and oxygen atoms in total. The first-order valence-electron chi connectivity index (χ1n) is 10.4. The van der Waals surface area contributed by atoms with Crippen LogP contribution in [0.15, 0.2) is 53.4 Å². The van der Waals surface area contributed by atoms with Crippen molar-refractivity contribution in [3.8, 4) is 0 Å². The van der Waals surface area contributed by atoms with E-state index in [-0.39, 0.29) is 29.6 Å². The Balaban J connectivity index is 1.53. The van der Waals surface area contributed by atoms with Crippen LogP contribution in [-0.2, 0) is 26.2 Å². The summed E-state index contributed by atoms with van der Waals surface area (Å²) < 4.78 is 54.1. The Morgan fingerprint density at radius 2 is 1.66 bits per heavy atom. The molecule has 0 aliphatic carbocycles. The molecular weight excluding hydrogens is 440 g/mol. The molecule has 0 bridgehead atoms. The molecule has 0 radical (unpaired) electrons. The summed E-state index contributed by atoms with van der Waals surface area (Å²) in [5.41, 5.74) is 0.262. The van der Waals surface area contributed by atoms with Crippen molar-refractivity contribution >= 4 is 21.8 Å². The molecule has 0 spiro atoms. The maximum absolute atomic E-state index is 13.6. The lowest BCUT2D eigenvalue weighted by Crippen LogP contribution is -2.46. The Morgan fingerprint density at radius 3 is 2.38 bits per heavy atom. The fourth-order valence-electron chi connectivity index (χ4n) is 3.65. The second-order valence-electron chi connectivity index (χ2n) is 7.54. The third-order valence-electron chi connectivity index (χ3n) is 5.36. The lowest BCUT2D eigenvalue weighted by atomic mass is 10.0. The normalized spacial score (nSPS) is 17.0. The van der Waals surface area contributed by atoms with E-state index in [1.807, 2.05) is 0 Å². The van der Waals surface area contributed by atoms with Gasteiger partial charge in [0, 0.05) is 31.2 Å². The SMILES string of the molecule is O=C(NCC[C@@H]1CCCCN1S(=O)(=O)c1ccc(F)cc1)C(=O)NCc1ccccc1F. The van der Waals surface area contributed by atoms with Crippen LogP contribution in [0.3, 0.4) is 0 Å². The van der Waals surface area contributed by atoms with Crippen LogP contribution in [0.4, 0.5) is 8.78 Å². The van der Waals surface area contributed by atoms with Gasteiger partial charge in [-0.15, -0.1) is 0 Å². The highest BCUT2D eigenvalue weighted by Gasteiger charge is 2.33. The van der Waals surface area contributed by atoms with E-state index in [0.29, 0.717) is 25.8 Å². The van der Waals surface area contributed by atoms with Gasteiger partial charge in [-0.25, -0.2) is 17.2 Å². The molecule has 1 aliphatic heterocycles. The van der Waals surface area contributed by atoms with Crippen molar-refractivity contribution in [3.05, 3.63) is 65.7 Å². The van der Waals surface area contributed by atoms with E-state index < -0.39 is 33.5 Å². The van der Waals surface area contributed by atoms with Gasteiger partial charge in [-0.1, -0.05) is 24.6 Å². The lowest BCUT2D eigenvalue weighted by Gasteiger charge is -2.34. The number of nitrogens with one attached hydrogen (secondary N) is 2. The standard InChI is InChI=1S/C22H25F2N3O4S/c23-17-8-10-19(11-9-17)32(30,31)27-14-4-3-6-18(27)12-13-25-21(28)22(29)26-15-16-5-1-2-7-20(16)24/h1-2,5,7-11,18H,3-4,6,12-15H2,(H,25,28)(H,26,29)/t18-/m0/s1. The first-order valence-corrected chi connectivity index (χ1v) is 11.8. The molecule has 1 saturated heterocycles. The van der Waals surface area contributed by atoms with Crippen LogP contribution in [0.25, 0.3) is 0 Å². The maximum Gasteiger partial charge on any atom is 0.309 e. The van der Waals surface area contributed by atoms with E-state index in [2.05, 4.69) is 10.6 Å².